The SMILES string of the molecule is CCOC(Cc1ccc(OCCN(CCOCC(F)(F)CC)C(=O)OC2CCCCC2)cc1)C(=O)O. The van der Waals surface area contributed by atoms with Crippen molar-refractivity contribution in [3.63, 3.8) is 0 Å². The monoisotopic (exact) mass is 515 g/mol. The Morgan fingerprint density at radius 1 is 1.08 bits per heavy atom. The molecule has 1 N–H and O–H groups in total. The van der Waals surface area contributed by atoms with Crippen LogP contribution in [0.5, 0.6) is 5.75 Å². The average molecular weight is 516 g/mol. The Morgan fingerprint density at radius 2 is 1.75 bits per heavy atom. The van der Waals surface area contributed by atoms with Crippen molar-refractivity contribution in [1.82, 2.24) is 4.90 Å². The number of carbonyl (C=O) groups excluding carboxylic acids is 1. The highest BCUT2D eigenvalue weighted by Gasteiger charge is 2.27. The van der Waals surface area contributed by atoms with Crippen LogP contribution in [-0.2, 0) is 25.4 Å². The van der Waals surface area contributed by atoms with E-state index < -0.39 is 30.7 Å². The Morgan fingerprint density at radius 3 is 2.36 bits per heavy atom. The number of nitrogens with zero attached hydrogens (tertiary/aromatic N) is 1. The molecule has 0 saturated heterocycles. The third-order valence-electron chi connectivity index (χ3n) is 6.03. The molecule has 0 aromatic heterocycles. The lowest BCUT2D eigenvalue weighted by atomic mass is 9.98. The number of hydrogen-bond acceptors (Lipinski definition) is 6. The van der Waals surface area contributed by atoms with Crippen LogP contribution in [0.3, 0.4) is 0 Å². The molecule has 0 heterocycles. The molecule has 1 aliphatic carbocycles. The van der Waals surface area contributed by atoms with Crippen molar-refractivity contribution in [3.05, 3.63) is 29.8 Å². The molecule has 1 aliphatic rings. The van der Waals surface area contributed by atoms with Gasteiger partial charge in [-0.15, -0.1) is 0 Å². The predicted octanol–water partition coefficient (Wildman–Crippen LogP) is 4.93. The van der Waals surface area contributed by atoms with Crippen LogP contribution in [0.2, 0.25) is 0 Å². The van der Waals surface area contributed by atoms with Gasteiger partial charge in [-0.25, -0.2) is 18.4 Å². The number of carboxylic acids is 1. The van der Waals surface area contributed by atoms with Crippen molar-refractivity contribution >= 4 is 12.1 Å². The summed E-state index contributed by atoms with van der Waals surface area (Å²) in [4.78, 5) is 25.4. The minimum absolute atomic E-state index is 0.0331. The molecule has 0 radical (unpaired) electrons. The first-order valence-corrected chi connectivity index (χ1v) is 12.7. The molecule has 0 bridgehead atoms. The van der Waals surface area contributed by atoms with Gasteiger partial charge in [0.15, 0.2) is 6.10 Å². The third kappa shape index (κ3) is 11.1. The smallest absolute Gasteiger partial charge is 0.410 e. The molecule has 36 heavy (non-hydrogen) atoms. The van der Waals surface area contributed by atoms with Crippen LogP contribution in [0.1, 0.15) is 57.9 Å². The highest BCUT2D eigenvalue weighted by atomic mass is 19.3. The zero-order valence-electron chi connectivity index (χ0n) is 21.3. The van der Waals surface area contributed by atoms with E-state index in [1.165, 1.54) is 11.8 Å². The summed E-state index contributed by atoms with van der Waals surface area (Å²) in [5.74, 6) is -3.35. The van der Waals surface area contributed by atoms with Gasteiger partial charge in [0.1, 0.15) is 25.1 Å². The molecule has 204 valence electrons. The maximum absolute atomic E-state index is 13.4. The first-order chi connectivity index (χ1) is 17.2. The largest absolute Gasteiger partial charge is 0.492 e. The lowest BCUT2D eigenvalue weighted by Gasteiger charge is -2.27. The highest BCUT2D eigenvalue weighted by molar-refractivity contribution is 5.72. The minimum Gasteiger partial charge on any atom is -0.492 e. The van der Waals surface area contributed by atoms with Gasteiger partial charge < -0.3 is 29.0 Å². The highest BCUT2D eigenvalue weighted by Crippen LogP contribution is 2.21. The van der Waals surface area contributed by atoms with E-state index in [0.29, 0.717) is 12.4 Å². The van der Waals surface area contributed by atoms with Crippen molar-refractivity contribution in [3.8, 4) is 5.75 Å². The maximum atomic E-state index is 13.4. The summed E-state index contributed by atoms with van der Waals surface area (Å²) in [5, 5.41) is 9.23. The fraction of sp³-hybridized carbons (Fsp3) is 0.692. The van der Waals surface area contributed by atoms with Gasteiger partial charge in [0.05, 0.1) is 13.2 Å². The Labute approximate surface area is 211 Å². The predicted molar refractivity (Wildman–Crippen MR) is 130 cm³/mol. The molecule has 1 amide bonds. The number of rotatable bonds is 16. The van der Waals surface area contributed by atoms with Crippen molar-refractivity contribution in [2.24, 2.45) is 0 Å². The van der Waals surface area contributed by atoms with Gasteiger partial charge in [-0.2, -0.15) is 0 Å². The van der Waals surface area contributed by atoms with E-state index in [4.69, 9.17) is 18.9 Å². The molecule has 8 nitrogen and oxygen atoms in total. The molecule has 1 fully saturated rings. The number of benzene rings is 1. The van der Waals surface area contributed by atoms with Crippen LogP contribution in [0.4, 0.5) is 13.6 Å². The van der Waals surface area contributed by atoms with Crippen molar-refractivity contribution in [2.45, 2.75) is 76.9 Å². The number of halogens is 2. The molecule has 1 aromatic carbocycles. The van der Waals surface area contributed by atoms with Crippen molar-refractivity contribution in [2.75, 3.05) is 39.5 Å². The average Bonchev–Trinajstić information content (AvgIpc) is 2.86. The van der Waals surface area contributed by atoms with Crippen LogP contribution in [0, 0.1) is 0 Å². The fourth-order valence-electron chi connectivity index (χ4n) is 3.82. The maximum Gasteiger partial charge on any atom is 0.410 e. The van der Waals surface area contributed by atoms with Crippen molar-refractivity contribution < 1.29 is 42.4 Å². The van der Waals surface area contributed by atoms with Crippen LogP contribution in [0.25, 0.3) is 0 Å². The summed E-state index contributed by atoms with van der Waals surface area (Å²) in [7, 11) is 0. The van der Waals surface area contributed by atoms with E-state index in [1.54, 1.807) is 31.2 Å². The van der Waals surface area contributed by atoms with Crippen LogP contribution in [0.15, 0.2) is 24.3 Å². The third-order valence-corrected chi connectivity index (χ3v) is 6.03. The summed E-state index contributed by atoms with van der Waals surface area (Å²) in [6, 6.07) is 6.98. The number of amides is 1. The fourth-order valence-corrected chi connectivity index (χ4v) is 3.82. The first kappa shape index (κ1) is 29.8. The van der Waals surface area contributed by atoms with E-state index in [0.717, 1.165) is 37.7 Å². The second-order valence-electron chi connectivity index (χ2n) is 8.87. The van der Waals surface area contributed by atoms with Crippen molar-refractivity contribution in [1.29, 1.82) is 0 Å². The summed E-state index contributed by atoms with van der Waals surface area (Å²) < 4.78 is 48.6. The quantitative estimate of drug-likeness (QED) is 0.312. The lowest BCUT2D eigenvalue weighted by molar-refractivity contribution is -0.149. The van der Waals surface area contributed by atoms with Gasteiger partial charge in [0, 0.05) is 26.0 Å². The van der Waals surface area contributed by atoms with E-state index in [2.05, 4.69) is 0 Å². The molecule has 0 aliphatic heterocycles. The lowest BCUT2D eigenvalue weighted by Crippen LogP contribution is -2.40. The molecular weight excluding hydrogens is 476 g/mol. The van der Waals surface area contributed by atoms with E-state index in [-0.39, 0.29) is 45.2 Å². The number of ether oxygens (including phenoxy) is 4. The Kier molecular flexibility index (Phi) is 12.9. The first-order valence-electron chi connectivity index (χ1n) is 12.7. The summed E-state index contributed by atoms with van der Waals surface area (Å²) in [5.41, 5.74) is 0.793. The molecule has 0 spiro atoms. The Bertz CT molecular complexity index is 785. The molecule has 10 heteroatoms. The summed E-state index contributed by atoms with van der Waals surface area (Å²) in [6.07, 6.45) is 3.21. The van der Waals surface area contributed by atoms with Gasteiger partial charge in [0.2, 0.25) is 0 Å². The van der Waals surface area contributed by atoms with Crippen LogP contribution < -0.4 is 4.74 Å². The summed E-state index contributed by atoms with van der Waals surface area (Å²) >= 11 is 0. The van der Waals surface area contributed by atoms with Gasteiger partial charge in [0.25, 0.3) is 5.92 Å². The topological polar surface area (TPSA) is 94.5 Å². The van der Waals surface area contributed by atoms with Gasteiger partial charge in [-0.3, -0.25) is 0 Å². The minimum atomic E-state index is -2.89. The zero-order valence-corrected chi connectivity index (χ0v) is 21.3. The van der Waals surface area contributed by atoms with Gasteiger partial charge in [-0.05, 0) is 50.3 Å². The Hall–Kier alpha value is -2.46. The number of alkyl halides is 2. The van der Waals surface area contributed by atoms with Crippen LogP contribution >= 0.6 is 0 Å². The Balaban J connectivity index is 1.87. The van der Waals surface area contributed by atoms with Gasteiger partial charge >= 0.3 is 12.1 Å². The molecule has 1 unspecified atom stereocenters. The number of hydrogen-bond donors (Lipinski definition) is 1. The van der Waals surface area contributed by atoms with Crippen LogP contribution in [-0.4, -0.2) is 79.7 Å². The zero-order chi connectivity index (χ0) is 26.4. The number of carbonyl (C=O) groups is 2. The van der Waals surface area contributed by atoms with E-state index >= 15 is 0 Å². The molecule has 1 atom stereocenters. The molecule has 1 aromatic rings. The van der Waals surface area contributed by atoms with Gasteiger partial charge in [-0.1, -0.05) is 25.5 Å². The van der Waals surface area contributed by atoms with E-state index in [9.17, 15) is 23.5 Å². The molecular formula is C26H39F2NO7. The standard InChI is InChI=1S/C26H39F2NO7/c1-3-26(27,28)19-33-16-14-29(25(32)36-22-8-6-5-7-9-22)15-17-35-21-12-10-20(11-13-21)18-23(24(30)31)34-4-2/h10-13,22-23H,3-9,14-19H2,1-2H3,(H,30,31). The summed E-state index contributed by atoms with van der Waals surface area (Å²) in [6.45, 7) is 3.20. The second kappa shape index (κ2) is 15.6. The second-order valence-corrected chi connectivity index (χ2v) is 8.87. The number of carboxylic acid groups (broad SMARTS) is 1. The molecule has 1 saturated carbocycles. The molecule has 2 rings (SSSR count). The van der Waals surface area contributed by atoms with E-state index in [1.807, 2.05) is 0 Å². The number of aliphatic carboxylic acids is 1. The normalized spacial score (nSPS) is 15.3.